The maximum atomic E-state index is 10.5. The highest BCUT2D eigenvalue weighted by atomic mass is 32.1. The molecule has 0 aliphatic heterocycles. The molecule has 2 aromatic carbocycles. The van der Waals surface area contributed by atoms with Gasteiger partial charge in [-0.05, 0) is 48.3 Å². The minimum atomic E-state index is -0.0605. The lowest BCUT2D eigenvalue weighted by atomic mass is 9.98. The zero-order valence-corrected chi connectivity index (χ0v) is 18.8. The molecular weight excluding hydrogens is 400 g/mol. The van der Waals surface area contributed by atoms with E-state index in [1.807, 2.05) is 32.0 Å². The number of H-pyrrole nitrogens is 1. The Balaban J connectivity index is 2.20. The highest BCUT2D eigenvalue weighted by Crippen LogP contribution is 2.38. The third-order valence-corrected chi connectivity index (χ3v) is 5.48. The van der Waals surface area contributed by atoms with Crippen molar-refractivity contribution in [1.29, 1.82) is 0 Å². The molecule has 1 atom stereocenters. The number of benzene rings is 2. The fourth-order valence-electron chi connectivity index (χ4n) is 3.63. The number of aromatic nitrogens is 3. The fraction of sp³-hybridized carbons (Fsp3) is 0.364. The Hall–Kier alpha value is -2.84. The molecule has 7 nitrogen and oxygen atoms in total. The number of rotatable bonds is 7. The molecule has 3 rings (SSSR count). The Morgan fingerprint density at radius 2 is 1.93 bits per heavy atom. The molecule has 0 amide bonds. The van der Waals surface area contributed by atoms with Crippen LogP contribution in [0.25, 0.3) is 17.1 Å². The number of ether oxygens (including phenoxy) is 1. The van der Waals surface area contributed by atoms with E-state index in [2.05, 4.69) is 24.2 Å². The Bertz CT molecular complexity index is 1100. The third kappa shape index (κ3) is 4.06. The molecule has 0 saturated carbocycles. The molecule has 1 heterocycles. The lowest BCUT2D eigenvalue weighted by molar-refractivity contribution is -0.810. The summed E-state index contributed by atoms with van der Waals surface area (Å²) < 4.78 is 7.75. The van der Waals surface area contributed by atoms with Gasteiger partial charge in [0.2, 0.25) is 0 Å². The van der Waals surface area contributed by atoms with Gasteiger partial charge in [-0.15, -0.1) is 0 Å². The van der Waals surface area contributed by atoms with Crippen LogP contribution >= 0.6 is 12.2 Å². The molecule has 0 spiro atoms. The molecule has 4 N–H and O–H groups in total. The minimum absolute atomic E-state index is 0.0588. The van der Waals surface area contributed by atoms with E-state index in [1.54, 1.807) is 17.7 Å². The van der Waals surface area contributed by atoms with Crippen LogP contribution in [0.4, 0.5) is 5.69 Å². The van der Waals surface area contributed by atoms with Crippen LogP contribution in [0.2, 0.25) is 0 Å². The van der Waals surface area contributed by atoms with Gasteiger partial charge < -0.3 is 19.8 Å². The van der Waals surface area contributed by atoms with Gasteiger partial charge in [-0.1, -0.05) is 20.8 Å². The average Bonchev–Trinajstić information content (AvgIpc) is 3.08. The van der Waals surface area contributed by atoms with Crippen molar-refractivity contribution < 1.29 is 19.8 Å². The van der Waals surface area contributed by atoms with Gasteiger partial charge in [-0.2, -0.15) is 5.10 Å². The summed E-state index contributed by atoms with van der Waals surface area (Å²) in [7, 11) is 3.76. The first-order valence-electron chi connectivity index (χ1n) is 10.0. The number of phenolic OH excluding ortho intramolecular Hbond substituents is 2. The highest BCUT2D eigenvalue weighted by Gasteiger charge is 2.21. The molecule has 0 bridgehead atoms. The van der Waals surface area contributed by atoms with Crippen molar-refractivity contribution in [3.8, 4) is 34.3 Å². The van der Waals surface area contributed by atoms with E-state index in [0.29, 0.717) is 16.2 Å². The predicted octanol–water partition coefficient (Wildman–Crippen LogP) is 3.70. The summed E-state index contributed by atoms with van der Waals surface area (Å²) in [6.07, 6.45) is 1.04. The van der Waals surface area contributed by atoms with Crippen LogP contribution in [-0.4, -0.2) is 45.7 Å². The van der Waals surface area contributed by atoms with E-state index in [9.17, 15) is 10.2 Å². The van der Waals surface area contributed by atoms with E-state index in [-0.39, 0.29) is 17.4 Å². The second kappa shape index (κ2) is 8.89. The second-order valence-corrected chi connectivity index (χ2v) is 8.07. The lowest BCUT2D eigenvalue weighted by Crippen LogP contribution is -3.03. The van der Waals surface area contributed by atoms with Crippen LogP contribution in [0.15, 0.2) is 30.3 Å². The van der Waals surface area contributed by atoms with Gasteiger partial charge in [0, 0.05) is 12.1 Å². The summed E-state index contributed by atoms with van der Waals surface area (Å²) in [5, 5.41) is 27.9. The van der Waals surface area contributed by atoms with E-state index in [0.717, 1.165) is 35.7 Å². The van der Waals surface area contributed by atoms with Gasteiger partial charge in [-0.25, -0.2) is 0 Å². The maximum Gasteiger partial charge on any atom is 0.200 e. The molecule has 0 saturated heterocycles. The molecule has 0 aliphatic carbocycles. The summed E-state index contributed by atoms with van der Waals surface area (Å²) >= 11 is 5.51. The van der Waals surface area contributed by atoms with E-state index in [1.165, 1.54) is 11.0 Å². The predicted molar refractivity (Wildman–Crippen MR) is 120 cm³/mol. The number of methoxy groups -OCH3 is 1. The van der Waals surface area contributed by atoms with Crippen molar-refractivity contribution in [1.82, 2.24) is 14.8 Å². The first kappa shape index (κ1) is 21.9. The highest BCUT2D eigenvalue weighted by molar-refractivity contribution is 7.71. The Morgan fingerprint density at radius 1 is 1.20 bits per heavy atom. The van der Waals surface area contributed by atoms with Crippen molar-refractivity contribution in [2.75, 3.05) is 20.7 Å². The molecule has 0 fully saturated rings. The number of nitrogens with zero attached hydrogens (tertiary/aromatic N) is 2. The molecule has 1 aromatic heterocycles. The van der Waals surface area contributed by atoms with E-state index < -0.39 is 0 Å². The van der Waals surface area contributed by atoms with Crippen molar-refractivity contribution >= 4 is 17.9 Å². The second-order valence-electron chi connectivity index (χ2n) is 7.69. The van der Waals surface area contributed by atoms with Crippen molar-refractivity contribution in [3.63, 3.8) is 0 Å². The molecular formula is C22H29N4O3S+. The Labute approximate surface area is 181 Å². The minimum Gasteiger partial charge on any atom is -0.508 e. The average molecular weight is 430 g/mol. The molecule has 30 heavy (non-hydrogen) atoms. The van der Waals surface area contributed by atoms with Gasteiger partial charge in [0.25, 0.3) is 0 Å². The molecule has 8 heteroatoms. The number of aromatic amines is 1. The topological polar surface area (TPSA) is 87.7 Å². The number of nitrogens with one attached hydrogen (secondary N) is 2. The first-order chi connectivity index (χ1) is 14.3. The van der Waals surface area contributed by atoms with Crippen molar-refractivity contribution in [2.24, 2.45) is 0 Å². The SMILES string of the molecule is CCC[NH+](C)c1cc(-n2c(-c3cc(C(C)C)c(O)cc3O)n[nH]c2=S)ccc1OC. The van der Waals surface area contributed by atoms with E-state index in [4.69, 9.17) is 17.0 Å². The summed E-state index contributed by atoms with van der Waals surface area (Å²) in [5.41, 5.74) is 3.05. The zero-order valence-electron chi connectivity index (χ0n) is 18.0. The number of hydrogen-bond donors (Lipinski definition) is 4. The van der Waals surface area contributed by atoms with Gasteiger partial charge in [-0.3, -0.25) is 9.67 Å². The van der Waals surface area contributed by atoms with Crippen LogP contribution < -0.4 is 9.64 Å². The van der Waals surface area contributed by atoms with E-state index >= 15 is 0 Å². The van der Waals surface area contributed by atoms with Crippen LogP contribution in [-0.2, 0) is 0 Å². The van der Waals surface area contributed by atoms with Crippen LogP contribution in [0.3, 0.4) is 0 Å². The van der Waals surface area contributed by atoms with Crippen LogP contribution in [0, 0.1) is 4.77 Å². The molecule has 0 aliphatic rings. The number of hydrogen-bond acceptors (Lipinski definition) is 5. The normalized spacial score (nSPS) is 12.3. The van der Waals surface area contributed by atoms with Crippen molar-refractivity contribution in [3.05, 3.63) is 40.7 Å². The molecule has 1 unspecified atom stereocenters. The number of phenols is 2. The molecule has 160 valence electrons. The fourth-order valence-corrected chi connectivity index (χ4v) is 3.87. The Kier molecular flexibility index (Phi) is 6.48. The number of aromatic hydroxyl groups is 2. The van der Waals surface area contributed by atoms with Crippen LogP contribution in [0.1, 0.15) is 38.7 Å². The zero-order chi connectivity index (χ0) is 22.0. The molecule has 0 radical (unpaired) electrons. The smallest absolute Gasteiger partial charge is 0.200 e. The maximum absolute atomic E-state index is 10.5. The first-order valence-corrected chi connectivity index (χ1v) is 10.4. The van der Waals surface area contributed by atoms with Gasteiger partial charge in [0.05, 0.1) is 32.0 Å². The number of quaternary nitrogens is 1. The Morgan fingerprint density at radius 3 is 2.57 bits per heavy atom. The summed E-state index contributed by atoms with van der Waals surface area (Å²) in [4.78, 5) is 1.22. The summed E-state index contributed by atoms with van der Waals surface area (Å²) in [6.45, 7) is 7.06. The summed E-state index contributed by atoms with van der Waals surface area (Å²) in [6, 6.07) is 8.97. The van der Waals surface area contributed by atoms with Crippen LogP contribution in [0.5, 0.6) is 17.2 Å². The monoisotopic (exact) mass is 429 g/mol. The third-order valence-electron chi connectivity index (χ3n) is 5.21. The van der Waals surface area contributed by atoms with Gasteiger partial charge >= 0.3 is 0 Å². The summed E-state index contributed by atoms with van der Waals surface area (Å²) in [5.74, 6) is 1.36. The lowest BCUT2D eigenvalue weighted by Gasteiger charge is -2.18. The quantitative estimate of drug-likeness (QED) is 0.430. The van der Waals surface area contributed by atoms with Crippen molar-refractivity contribution in [2.45, 2.75) is 33.1 Å². The largest absolute Gasteiger partial charge is 0.508 e. The molecule has 3 aromatic rings. The standard InChI is InChI=1S/C22H28N4O3S/c1-6-9-25(4)17-10-14(7-8-20(17)29-5)26-21(23-24-22(26)30)16-11-15(13(2)3)18(27)12-19(16)28/h7-8,10-13,27-28H,6,9H2,1-5H3,(H,24,30)/p+1. The van der Waals surface area contributed by atoms with Gasteiger partial charge in [0.15, 0.2) is 22.0 Å². The van der Waals surface area contributed by atoms with Gasteiger partial charge in [0.1, 0.15) is 11.5 Å².